The smallest absolute Gasteiger partial charge is 0.271 e. The van der Waals surface area contributed by atoms with Crippen LogP contribution in [0.15, 0.2) is 72.9 Å². The van der Waals surface area contributed by atoms with Gasteiger partial charge in [0.2, 0.25) is 0 Å². The molecule has 0 fully saturated rings. The van der Waals surface area contributed by atoms with Gasteiger partial charge in [-0.2, -0.15) is 0 Å². The van der Waals surface area contributed by atoms with Crippen molar-refractivity contribution in [1.29, 1.82) is 0 Å². The number of carbonyl (C=O) groups excluding carboxylic acids is 1. The normalized spacial score (nSPS) is 16.6. The molecule has 1 unspecified atom stereocenters. The third-order valence-corrected chi connectivity index (χ3v) is 4.54. The minimum atomic E-state index is -0.507. The average molecular weight is 350 g/mol. The summed E-state index contributed by atoms with van der Waals surface area (Å²) in [7, 11) is 0. The van der Waals surface area contributed by atoms with Crippen LogP contribution in [0, 0.1) is 11.6 Å². The van der Waals surface area contributed by atoms with E-state index in [1.54, 1.807) is 23.2 Å². The second kappa shape index (κ2) is 6.59. The van der Waals surface area contributed by atoms with Gasteiger partial charge in [0.1, 0.15) is 17.3 Å². The van der Waals surface area contributed by atoms with Gasteiger partial charge in [-0.15, -0.1) is 0 Å². The zero-order valence-electron chi connectivity index (χ0n) is 13.8. The molecule has 1 aromatic heterocycles. The van der Waals surface area contributed by atoms with Gasteiger partial charge in [-0.05, 0) is 41.5 Å². The van der Waals surface area contributed by atoms with Gasteiger partial charge >= 0.3 is 0 Å². The number of hydrogen-bond acceptors (Lipinski definition) is 1. The molecule has 0 bridgehead atoms. The van der Waals surface area contributed by atoms with Gasteiger partial charge < -0.3 is 9.88 Å². The number of amides is 1. The molecule has 4 rings (SSSR count). The summed E-state index contributed by atoms with van der Waals surface area (Å²) >= 11 is 0. The van der Waals surface area contributed by atoms with Gasteiger partial charge in [-0.25, -0.2) is 8.78 Å². The van der Waals surface area contributed by atoms with Gasteiger partial charge in [-0.3, -0.25) is 4.79 Å². The Morgan fingerprint density at radius 1 is 1.04 bits per heavy atom. The Labute approximate surface area is 149 Å². The highest BCUT2D eigenvalue weighted by atomic mass is 19.1. The number of benzene rings is 2. The minimum Gasteiger partial charge on any atom is -0.357 e. The first-order chi connectivity index (χ1) is 12.6. The quantitative estimate of drug-likeness (QED) is 0.738. The van der Waals surface area contributed by atoms with E-state index in [9.17, 15) is 13.6 Å². The predicted molar refractivity (Wildman–Crippen MR) is 95.3 cm³/mol. The molecule has 1 atom stereocenters. The maximum absolute atomic E-state index is 14.2. The number of nitrogens with zero attached hydrogens (tertiary/aromatic N) is 1. The van der Waals surface area contributed by atoms with E-state index in [1.807, 2.05) is 36.4 Å². The van der Waals surface area contributed by atoms with Crippen molar-refractivity contribution in [3.63, 3.8) is 0 Å². The first kappa shape index (κ1) is 16.3. The second-order valence-electron chi connectivity index (χ2n) is 6.19. The molecule has 1 amide bonds. The molecule has 3 aromatic rings. The van der Waals surface area contributed by atoms with Crippen LogP contribution in [0.5, 0.6) is 0 Å². The predicted octanol–water partition coefficient (Wildman–Crippen LogP) is 4.57. The van der Waals surface area contributed by atoms with Crippen LogP contribution in [0.25, 0.3) is 5.57 Å². The first-order valence-electron chi connectivity index (χ1n) is 8.29. The van der Waals surface area contributed by atoms with Crippen LogP contribution in [0.3, 0.4) is 0 Å². The SMILES string of the molecule is O=C(c1ccc[nH]1)N1CC(c2cc(F)ccc2F)=CC1c1ccccc1. The maximum Gasteiger partial charge on any atom is 0.271 e. The fraction of sp³-hybridized carbons (Fsp3) is 0.0952. The van der Waals surface area contributed by atoms with Crippen molar-refractivity contribution in [1.82, 2.24) is 9.88 Å². The number of aromatic nitrogens is 1. The van der Waals surface area contributed by atoms with Crippen molar-refractivity contribution < 1.29 is 13.6 Å². The van der Waals surface area contributed by atoms with Crippen molar-refractivity contribution in [3.05, 3.63) is 101 Å². The molecule has 1 aliphatic rings. The van der Waals surface area contributed by atoms with E-state index in [4.69, 9.17) is 0 Å². The lowest BCUT2D eigenvalue weighted by Crippen LogP contribution is -2.31. The van der Waals surface area contributed by atoms with Gasteiger partial charge in [0, 0.05) is 18.3 Å². The Morgan fingerprint density at radius 2 is 1.85 bits per heavy atom. The van der Waals surface area contributed by atoms with E-state index in [0.717, 1.165) is 17.7 Å². The number of H-pyrrole nitrogens is 1. The summed E-state index contributed by atoms with van der Waals surface area (Å²) in [5.74, 6) is -1.20. The third-order valence-electron chi connectivity index (χ3n) is 4.54. The Morgan fingerprint density at radius 3 is 2.58 bits per heavy atom. The van der Waals surface area contributed by atoms with Gasteiger partial charge in [-0.1, -0.05) is 36.4 Å². The number of rotatable bonds is 3. The van der Waals surface area contributed by atoms with Crippen molar-refractivity contribution in [2.75, 3.05) is 6.54 Å². The summed E-state index contributed by atoms with van der Waals surface area (Å²) in [5.41, 5.74) is 2.16. The van der Waals surface area contributed by atoms with E-state index >= 15 is 0 Å². The molecule has 0 saturated heterocycles. The van der Waals surface area contributed by atoms with Crippen LogP contribution in [-0.4, -0.2) is 22.3 Å². The molecule has 0 saturated carbocycles. The molecule has 0 spiro atoms. The van der Waals surface area contributed by atoms with Crippen molar-refractivity contribution in [3.8, 4) is 0 Å². The van der Waals surface area contributed by atoms with Crippen molar-refractivity contribution in [2.45, 2.75) is 6.04 Å². The molecular weight excluding hydrogens is 334 g/mol. The van der Waals surface area contributed by atoms with E-state index in [0.29, 0.717) is 11.3 Å². The molecule has 3 nitrogen and oxygen atoms in total. The molecule has 26 heavy (non-hydrogen) atoms. The Bertz CT molecular complexity index is 965. The Kier molecular flexibility index (Phi) is 4.13. The lowest BCUT2D eigenvalue weighted by molar-refractivity contribution is 0.0745. The Balaban J connectivity index is 1.76. The molecule has 130 valence electrons. The molecule has 0 aliphatic carbocycles. The van der Waals surface area contributed by atoms with E-state index in [1.165, 1.54) is 6.07 Å². The highest BCUT2D eigenvalue weighted by Crippen LogP contribution is 2.36. The summed E-state index contributed by atoms with van der Waals surface area (Å²) in [6, 6.07) is 16.0. The number of nitrogens with one attached hydrogen (secondary N) is 1. The largest absolute Gasteiger partial charge is 0.357 e. The second-order valence-corrected chi connectivity index (χ2v) is 6.19. The summed E-state index contributed by atoms with van der Waals surface area (Å²) in [6.07, 6.45) is 3.51. The highest BCUT2D eigenvalue weighted by Gasteiger charge is 2.32. The lowest BCUT2D eigenvalue weighted by atomic mass is 10.0. The van der Waals surface area contributed by atoms with E-state index in [-0.39, 0.29) is 24.1 Å². The topological polar surface area (TPSA) is 36.1 Å². The minimum absolute atomic E-state index is 0.188. The number of hydrogen-bond donors (Lipinski definition) is 1. The third kappa shape index (κ3) is 2.92. The van der Waals surface area contributed by atoms with Crippen LogP contribution in [0.4, 0.5) is 8.78 Å². The Hall–Kier alpha value is -3.21. The molecular formula is C21H16F2N2O. The van der Waals surface area contributed by atoms with Gasteiger partial charge in [0.25, 0.3) is 5.91 Å². The molecule has 2 heterocycles. The van der Waals surface area contributed by atoms with Crippen LogP contribution in [0.1, 0.15) is 27.7 Å². The van der Waals surface area contributed by atoms with Crippen molar-refractivity contribution >= 4 is 11.5 Å². The summed E-state index contributed by atoms with van der Waals surface area (Å²) in [5, 5.41) is 0. The monoisotopic (exact) mass is 350 g/mol. The lowest BCUT2D eigenvalue weighted by Gasteiger charge is -2.24. The van der Waals surface area contributed by atoms with E-state index in [2.05, 4.69) is 4.98 Å². The van der Waals surface area contributed by atoms with Crippen LogP contribution >= 0.6 is 0 Å². The maximum atomic E-state index is 14.2. The fourth-order valence-electron chi connectivity index (χ4n) is 3.28. The molecule has 1 aliphatic heterocycles. The van der Waals surface area contributed by atoms with Gasteiger partial charge in [0.15, 0.2) is 0 Å². The van der Waals surface area contributed by atoms with Crippen molar-refractivity contribution in [2.24, 2.45) is 0 Å². The zero-order chi connectivity index (χ0) is 18.1. The number of aromatic amines is 1. The molecule has 5 heteroatoms. The fourth-order valence-corrected chi connectivity index (χ4v) is 3.28. The number of carbonyl (C=O) groups is 1. The van der Waals surface area contributed by atoms with Crippen LogP contribution < -0.4 is 0 Å². The van der Waals surface area contributed by atoms with Gasteiger partial charge in [0.05, 0.1) is 6.04 Å². The summed E-state index contributed by atoms with van der Waals surface area (Å²) in [4.78, 5) is 17.5. The summed E-state index contributed by atoms with van der Waals surface area (Å²) in [6.45, 7) is 0.206. The standard InChI is InChI=1S/C21H16F2N2O/c22-16-8-9-18(23)17(12-16)15-11-20(14-5-2-1-3-6-14)25(13-15)21(26)19-7-4-10-24-19/h1-12,20,24H,13H2. The average Bonchev–Trinajstić information content (AvgIpc) is 3.34. The number of halogens is 2. The highest BCUT2D eigenvalue weighted by molar-refractivity contribution is 5.95. The molecule has 2 aromatic carbocycles. The van der Waals surface area contributed by atoms with Crippen LogP contribution in [0.2, 0.25) is 0 Å². The van der Waals surface area contributed by atoms with E-state index < -0.39 is 11.6 Å². The first-order valence-corrected chi connectivity index (χ1v) is 8.29. The molecule has 1 N–H and O–H groups in total. The van der Waals surface area contributed by atoms with Crippen LogP contribution in [-0.2, 0) is 0 Å². The zero-order valence-corrected chi connectivity index (χ0v) is 13.8. The molecule has 0 radical (unpaired) electrons. The summed E-state index contributed by atoms with van der Waals surface area (Å²) < 4.78 is 27.9.